The molecule has 1 aromatic carbocycles. The van der Waals surface area contributed by atoms with E-state index in [1.165, 1.54) is 44.2 Å². The summed E-state index contributed by atoms with van der Waals surface area (Å²) in [5.41, 5.74) is 0.726. The second-order valence-corrected chi connectivity index (χ2v) is 5.24. The Bertz CT molecular complexity index is 353. The zero-order valence-electron chi connectivity index (χ0n) is 10.7. The summed E-state index contributed by atoms with van der Waals surface area (Å²) in [4.78, 5) is 0. The first kappa shape index (κ1) is 13.5. The first-order chi connectivity index (χ1) is 8.74. The first-order valence-corrected chi connectivity index (χ1v) is 6.90. The summed E-state index contributed by atoms with van der Waals surface area (Å²) < 4.78 is 25.9. The maximum absolute atomic E-state index is 13.0. The van der Waals surface area contributed by atoms with Crippen LogP contribution in [-0.4, -0.2) is 13.1 Å². The van der Waals surface area contributed by atoms with Gasteiger partial charge in [-0.05, 0) is 56.0 Å². The smallest absolute Gasteiger partial charge is 0.126 e. The van der Waals surface area contributed by atoms with E-state index < -0.39 is 11.6 Å². The lowest BCUT2D eigenvalue weighted by Gasteiger charge is -2.21. The van der Waals surface area contributed by atoms with Crippen LogP contribution in [0.15, 0.2) is 18.2 Å². The van der Waals surface area contributed by atoms with Crippen LogP contribution in [0.4, 0.5) is 8.78 Å². The highest BCUT2D eigenvalue weighted by Gasteiger charge is 2.12. The third-order valence-corrected chi connectivity index (χ3v) is 3.67. The summed E-state index contributed by atoms with van der Waals surface area (Å²) >= 11 is 0. The summed E-state index contributed by atoms with van der Waals surface area (Å²) in [6.07, 6.45) is 7.40. The normalized spacial score (nSPS) is 17.0. The Morgan fingerprint density at radius 1 is 1.00 bits per heavy atom. The Morgan fingerprint density at radius 3 is 2.33 bits per heavy atom. The largest absolute Gasteiger partial charge is 0.316 e. The summed E-state index contributed by atoms with van der Waals surface area (Å²) in [7, 11) is 0. The molecule has 0 spiro atoms. The van der Waals surface area contributed by atoms with Gasteiger partial charge in [-0.2, -0.15) is 0 Å². The average molecular weight is 253 g/mol. The van der Waals surface area contributed by atoms with E-state index in [0.29, 0.717) is 6.42 Å². The van der Waals surface area contributed by atoms with Crippen LogP contribution in [0, 0.1) is 17.6 Å². The second kappa shape index (κ2) is 6.83. The second-order valence-electron chi connectivity index (χ2n) is 5.24. The van der Waals surface area contributed by atoms with Crippen molar-refractivity contribution in [3.63, 3.8) is 0 Å². The Hall–Kier alpha value is -0.960. The number of hydrogen-bond donors (Lipinski definition) is 1. The molecule has 100 valence electrons. The minimum atomic E-state index is -0.489. The number of rotatable bonds is 5. The molecule has 0 radical (unpaired) electrons. The van der Waals surface area contributed by atoms with E-state index in [9.17, 15) is 8.78 Å². The minimum Gasteiger partial charge on any atom is -0.316 e. The van der Waals surface area contributed by atoms with E-state index in [1.54, 1.807) is 0 Å². The van der Waals surface area contributed by atoms with Crippen molar-refractivity contribution in [2.45, 2.75) is 38.5 Å². The van der Waals surface area contributed by atoms with Crippen molar-refractivity contribution in [2.24, 2.45) is 5.92 Å². The third kappa shape index (κ3) is 4.37. The van der Waals surface area contributed by atoms with Crippen LogP contribution in [-0.2, 0) is 6.42 Å². The predicted octanol–water partition coefficient (Wildman–Crippen LogP) is 3.68. The molecular formula is C15H21F2N. The number of halogens is 2. The molecule has 1 fully saturated rings. The summed E-state index contributed by atoms with van der Waals surface area (Å²) in [6, 6.07) is 3.73. The lowest BCUT2D eigenvalue weighted by molar-refractivity contribution is 0.343. The van der Waals surface area contributed by atoms with Gasteiger partial charge in [0.15, 0.2) is 0 Å². The Labute approximate surface area is 108 Å². The van der Waals surface area contributed by atoms with Gasteiger partial charge in [-0.3, -0.25) is 0 Å². The molecule has 2 rings (SSSR count). The highest BCUT2D eigenvalue weighted by atomic mass is 19.1. The third-order valence-electron chi connectivity index (χ3n) is 3.67. The van der Waals surface area contributed by atoms with Gasteiger partial charge in [0.1, 0.15) is 11.6 Å². The molecule has 0 heterocycles. The van der Waals surface area contributed by atoms with Gasteiger partial charge in [-0.1, -0.05) is 19.3 Å². The van der Waals surface area contributed by atoms with Crippen molar-refractivity contribution in [3.05, 3.63) is 35.4 Å². The highest BCUT2D eigenvalue weighted by molar-refractivity contribution is 5.18. The van der Waals surface area contributed by atoms with E-state index in [-0.39, 0.29) is 0 Å². The molecule has 0 aliphatic heterocycles. The molecule has 0 atom stereocenters. The highest BCUT2D eigenvalue weighted by Crippen LogP contribution is 2.22. The molecule has 1 aliphatic rings. The van der Waals surface area contributed by atoms with Gasteiger partial charge in [0.25, 0.3) is 0 Å². The topological polar surface area (TPSA) is 12.0 Å². The van der Waals surface area contributed by atoms with E-state index in [1.807, 2.05) is 0 Å². The molecule has 0 amide bonds. The molecule has 1 aliphatic carbocycles. The molecular weight excluding hydrogens is 232 g/mol. The lowest BCUT2D eigenvalue weighted by Crippen LogP contribution is -2.26. The predicted molar refractivity (Wildman–Crippen MR) is 69.5 cm³/mol. The van der Waals surface area contributed by atoms with Crippen LogP contribution in [0.25, 0.3) is 0 Å². The lowest BCUT2D eigenvalue weighted by atomic mass is 9.89. The van der Waals surface area contributed by atoms with Crippen LogP contribution in [0.2, 0.25) is 0 Å². The van der Waals surface area contributed by atoms with Gasteiger partial charge in [0.05, 0.1) is 0 Å². The average Bonchev–Trinajstić information content (AvgIpc) is 2.35. The van der Waals surface area contributed by atoms with E-state index in [0.717, 1.165) is 30.6 Å². The van der Waals surface area contributed by atoms with E-state index in [4.69, 9.17) is 0 Å². The molecule has 0 aromatic heterocycles. The van der Waals surface area contributed by atoms with Gasteiger partial charge in [0.2, 0.25) is 0 Å². The van der Waals surface area contributed by atoms with Crippen LogP contribution in [0.1, 0.15) is 37.7 Å². The monoisotopic (exact) mass is 253 g/mol. The zero-order valence-corrected chi connectivity index (χ0v) is 10.7. The molecule has 3 heteroatoms. The van der Waals surface area contributed by atoms with Crippen molar-refractivity contribution in [1.29, 1.82) is 0 Å². The Balaban J connectivity index is 1.68. The molecule has 18 heavy (non-hydrogen) atoms. The van der Waals surface area contributed by atoms with Gasteiger partial charge in [0, 0.05) is 6.07 Å². The van der Waals surface area contributed by atoms with Crippen LogP contribution < -0.4 is 5.32 Å². The molecule has 1 aromatic rings. The molecule has 1 nitrogen and oxygen atoms in total. The van der Waals surface area contributed by atoms with Crippen LogP contribution in [0.5, 0.6) is 0 Å². The molecule has 0 saturated heterocycles. The SMILES string of the molecule is Fc1cc(F)cc(CCNCC2CCCCC2)c1. The van der Waals surface area contributed by atoms with Gasteiger partial charge >= 0.3 is 0 Å². The van der Waals surface area contributed by atoms with Crippen molar-refractivity contribution in [3.8, 4) is 0 Å². The minimum absolute atomic E-state index is 0.489. The number of hydrogen-bond acceptors (Lipinski definition) is 1. The Kier molecular flexibility index (Phi) is 5.12. The van der Waals surface area contributed by atoms with E-state index >= 15 is 0 Å². The fourth-order valence-electron chi connectivity index (χ4n) is 2.69. The number of benzene rings is 1. The quantitative estimate of drug-likeness (QED) is 0.789. The number of nitrogens with one attached hydrogen (secondary N) is 1. The zero-order chi connectivity index (χ0) is 12.8. The molecule has 0 bridgehead atoms. The fourth-order valence-corrected chi connectivity index (χ4v) is 2.69. The summed E-state index contributed by atoms with van der Waals surface area (Å²) in [6.45, 7) is 1.83. The van der Waals surface area contributed by atoms with Crippen molar-refractivity contribution in [1.82, 2.24) is 5.32 Å². The maximum atomic E-state index is 13.0. The van der Waals surface area contributed by atoms with Gasteiger partial charge < -0.3 is 5.32 Å². The fraction of sp³-hybridized carbons (Fsp3) is 0.600. The van der Waals surface area contributed by atoms with Crippen LogP contribution in [0.3, 0.4) is 0 Å². The summed E-state index contributed by atoms with van der Waals surface area (Å²) in [5.74, 6) is -0.183. The standard InChI is InChI=1S/C15H21F2N/c16-14-8-13(9-15(17)10-14)6-7-18-11-12-4-2-1-3-5-12/h8-10,12,18H,1-7,11H2. The summed E-state index contributed by atoms with van der Waals surface area (Å²) in [5, 5.41) is 3.40. The molecule has 0 unspecified atom stereocenters. The van der Waals surface area contributed by atoms with Crippen molar-refractivity contribution < 1.29 is 8.78 Å². The Morgan fingerprint density at radius 2 is 1.67 bits per heavy atom. The van der Waals surface area contributed by atoms with Crippen LogP contribution >= 0.6 is 0 Å². The molecule has 1 saturated carbocycles. The van der Waals surface area contributed by atoms with Gasteiger partial charge in [-0.15, -0.1) is 0 Å². The van der Waals surface area contributed by atoms with Gasteiger partial charge in [-0.25, -0.2) is 8.78 Å². The van der Waals surface area contributed by atoms with E-state index in [2.05, 4.69) is 5.32 Å². The maximum Gasteiger partial charge on any atom is 0.126 e. The van der Waals surface area contributed by atoms with Crippen molar-refractivity contribution >= 4 is 0 Å². The first-order valence-electron chi connectivity index (χ1n) is 6.90. The molecule has 1 N–H and O–H groups in total. The van der Waals surface area contributed by atoms with Crippen molar-refractivity contribution in [2.75, 3.05) is 13.1 Å².